The van der Waals surface area contributed by atoms with Gasteiger partial charge in [-0.1, -0.05) is 11.8 Å². The van der Waals surface area contributed by atoms with E-state index in [4.69, 9.17) is 25.2 Å². The summed E-state index contributed by atoms with van der Waals surface area (Å²) in [5, 5.41) is 2.52. The zero-order chi connectivity index (χ0) is 27.9. The molecule has 208 valence electrons. The van der Waals surface area contributed by atoms with Crippen LogP contribution in [0.3, 0.4) is 0 Å². The third kappa shape index (κ3) is 11.1. The highest BCUT2D eigenvalue weighted by Crippen LogP contribution is 2.66. The number of aromatic amines is 1. The van der Waals surface area contributed by atoms with E-state index in [1.807, 2.05) is 0 Å². The van der Waals surface area contributed by atoms with Crippen molar-refractivity contribution in [1.29, 1.82) is 0 Å². The normalized spacial score (nSPS) is 20.9. The maximum absolute atomic E-state index is 12.2. The van der Waals surface area contributed by atoms with Crippen LogP contribution >= 0.6 is 23.5 Å². The lowest BCUT2D eigenvalue weighted by Crippen LogP contribution is -2.33. The average molecular weight is 590 g/mol. The minimum Gasteiger partial charge on any atom is -0.352 e. The molecule has 0 spiro atoms. The van der Waals surface area contributed by atoms with Gasteiger partial charge in [-0.25, -0.2) is 18.5 Å². The van der Waals surface area contributed by atoms with Gasteiger partial charge in [0.2, 0.25) is 5.91 Å². The lowest BCUT2D eigenvalue weighted by molar-refractivity contribution is -0.120. The van der Waals surface area contributed by atoms with Crippen LogP contribution in [0, 0.1) is 11.8 Å². The summed E-state index contributed by atoms with van der Waals surface area (Å²) in [5.74, 6) is 4.85. The van der Waals surface area contributed by atoms with Crippen LogP contribution in [0.4, 0.5) is 0 Å². The number of nitrogens with two attached hydrogens (primary N) is 1. The average Bonchev–Trinajstić information content (AvgIpc) is 3.21. The van der Waals surface area contributed by atoms with E-state index >= 15 is 0 Å². The van der Waals surface area contributed by atoms with Crippen molar-refractivity contribution in [3.05, 3.63) is 32.6 Å². The number of hydrogen-bond donors (Lipinski definition) is 7. The molecule has 2 heterocycles. The third-order valence-electron chi connectivity index (χ3n) is 4.41. The van der Waals surface area contributed by atoms with Crippen LogP contribution in [0.5, 0.6) is 0 Å². The third-order valence-corrected chi connectivity index (χ3v) is 8.21. The number of ether oxygens (including phenoxy) is 1. The molecule has 4 atom stereocenters. The van der Waals surface area contributed by atoms with E-state index in [9.17, 15) is 33.0 Å². The molecule has 0 bridgehead atoms. The van der Waals surface area contributed by atoms with Crippen molar-refractivity contribution in [1.82, 2.24) is 14.9 Å². The van der Waals surface area contributed by atoms with E-state index in [-0.39, 0.29) is 37.3 Å². The van der Waals surface area contributed by atoms with E-state index in [2.05, 4.69) is 35.3 Å². The molecule has 0 radical (unpaired) electrons. The fourth-order valence-electron chi connectivity index (χ4n) is 2.92. The molecular weight excluding hydrogens is 565 g/mol. The molecule has 4 unspecified atom stereocenters. The van der Waals surface area contributed by atoms with Crippen molar-refractivity contribution >= 4 is 29.4 Å². The summed E-state index contributed by atoms with van der Waals surface area (Å²) in [7, 11) is -16.5. The zero-order valence-electron chi connectivity index (χ0n) is 18.9. The van der Waals surface area contributed by atoms with Gasteiger partial charge in [0.05, 0.1) is 19.3 Å². The summed E-state index contributed by atoms with van der Waals surface area (Å²) in [4.78, 5) is 73.6. The largest absolute Gasteiger partial charge is 0.490 e. The number of amides is 1. The molecule has 0 aliphatic carbocycles. The van der Waals surface area contributed by atoms with Crippen molar-refractivity contribution < 1.29 is 55.9 Å². The van der Waals surface area contributed by atoms with Gasteiger partial charge in [0, 0.05) is 12.6 Å². The van der Waals surface area contributed by atoms with Gasteiger partial charge < -0.3 is 35.4 Å². The van der Waals surface area contributed by atoms with Gasteiger partial charge in [0.25, 0.3) is 5.56 Å². The van der Waals surface area contributed by atoms with E-state index in [1.165, 1.54) is 0 Å². The summed E-state index contributed by atoms with van der Waals surface area (Å²) < 4.78 is 52.2. The zero-order valence-corrected chi connectivity index (χ0v) is 21.6. The monoisotopic (exact) mass is 590 g/mol. The van der Waals surface area contributed by atoms with Crippen molar-refractivity contribution in [3.63, 3.8) is 0 Å². The SMILES string of the molecule is NCCCC(=O)NCC#Cc1cn(C2CCC(COP(=O)(O)OP(=O)(O)OP(=O)(O)O)O2)c(=O)[nH]c1=O. The summed E-state index contributed by atoms with van der Waals surface area (Å²) in [6.07, 6.45) is 0.351. The van der Waals surface area contributed by atoms with Crippen LogP contribution in [0.2, 0.25) is 0 Å². The molecule has 1 saturated heterocycles. The molecule has 2 rings (SSSR count). The van der Waals surface area contributed by atoms with Gasteiger partial charge in [-0.15, -0.1) is 0 Å². The minimum absolute atomic E-state index is 0.0510. The molecule has 8 N–H and O–H groups in total. The first-order valence-electron chi connectivity index (χ1n) is 10.4. The summed E-state index contributed by atoms with van der Waals surface area (Å²) in [6.45, 7) is -0.377. The topological polar surface area (TPSA) is 279 Å². The molecule has 1 aromatic heterocycles. The molecule has 18 nitrogen and oxygen atoms in total. The Hall–Kier alpha value is -1.96. The van der Waals surface area contributed by atoms with Crippen molar-refractivity contribution in [2.24, 2.45) is 5.73 Å². The Morgan fingerprint density at radius 3 is 2.54 bits per heavy atom. The van der Waals surface area contributed by atoms with Gasteiger partial charge in [-0.3, -0.25) is 23.7 Å². The second kappa shape index (κ2) is 13.2. The fourth-order valence-corrected chi connectivity index (χ4v) is 5.97. The quantitative estimate of drug-likeness (QED) is 0.111. The lowest BCUT2D eigenvalue weighted by atomic mass is 10.2. The number of phosphoric ester groups is 1. The van der Waals surface area contributed by atoms with Gasteiger partial charge in [-0.2, -0.15) is 8.62 Å². The molecule has 1 aliphatic heterocycles. The Balaban J connectivity index is 1.99. The highest BCUT2D eigenvalue weighted by Gasteiger charge is 2.41. The van der Waals surface area contributed by atoms with Gasteiger partial charge in [-0.05, 0) is 25.8 Å². The summed E-state index contributed by atoms with van der Waals surface area (Å²) in [5.41, 5.74) is 3.62. The highest BCUT2D eigenvalue weighted by molar-refractivity contribution is 7.66. The molecule has 0 aromatic carbocycles. The first kappa shape index (κ1) is 31.3. The van der Waals surface area contributed by atoms with Gasteiger partial charge >= 0.3 is 29.2 Å². The Labute approximate surface area is 208 Å². The Bertz CT molecular complexity index is 1290. The summed E-state index contributed by atoms with van der Waals surface area (Å²) >= 11 is 0. The molecule has 37 heavy (non-hydrogen) atoms. The lowest BCUT2D eigenvalue weighted by Gasteiger charge is -2.19. The van der Waals surface area contributed by atoms with Crippen LogP contribution in [0.25, 0.3) is 0 Å². The maximum atomic E-state index is 12.2. The van der Waals surface area contributed by atoms with Crippen LogP contribution in [-0.4, -0.2) is 60.8 Å². The number of phosphoric acid groups is 3. The number of carbonyl (C=O) groups is 1. The van der Waals surface area contributed by atoms with E-state index < -0.39 is 53.7 Å². The first-order valence-corrected chi connectivity index (χ1v) is 14.9. The molecule has 1 aromatic rings. The number of carbonyl (C=O) groups excluding carboxylic acids is 1. The fraction of sp³-hybridized carbons (Fsp3) is 0.562. The summed E-state index contributed by atoms with van der Waals surface area (Å²) in [6, 6.07) is 0. The van der Waals surface area contributed by atoms with Crippen LogP contribution in [0.15, 0.2) is 15.8 Å². The number of nitrogens with one attached hydrogen (secondary N) is 2. The highest BCUT2D eigenvalue weighted by atomic mass is 31.3. The van der Waals surface area contributed by atoms with Crippen molar-refractivity contribution in [2.45, 2.75) is 38.0 Å². The van der Waals surface area contributed by atoms with Crippen LogP contribution < -0.4 is 22.3 Å². The smallest absolute Gasteiger partial charge is 0.352 e. The predicted molar refractivity (Wildman–Crippen MR) is 122 cm³/mol. The van der Waals surface area contributed by atoms with Crippen LogP contribution in [-0.2, 0) is 36.4 Å². The molecule has 21 heteroatoms. The maximum Gasteiger partial charge on any atom is 0.490 e. The standard InChI is InChI=1S/C16H25N4O14P3/c17-7-1-4-13(21)18-8-2-3-11-9-20(16(23)19-15(11)22)14-6-5-12(32-14)10-31-36(27,28)34-37(29,30)33-35(24,25)26/h9,12,14H,1,4-8,10,17H2,(H,18,21)(H,27,28)(H,29,30)(H,19,22,23)(H2,24,25,26). The minimum atomic E-state index is -5.66. The Morgan fingerprint density at radius 1 is 1.19 bits per heavy atom. The number of nitrogens with zero attached hydrogens (tertiary/aromatic N) is 1. The Morgan fingerprint density at radius 2 is 1.89 bits per heavy atom. The number of rotatable bonds is 12. The molecular formula is C16H25N4O14P3. The van der Waals surface area contributed by atoms with Gasteiger partial charge in [0.15, 0.2) is 0 Å². The second-order valence-electron chi connectivity index (χ2n) is 7.36. The Kier molecular flexibility index (Phi) is 11.2. The van der Waals surface area contributed by atoms with Crippen molar-refractivity contribution in [2.75, 3.05) is 19.7 Å². The van der Waals surface area contributed by atoms with Crippen LogP contribution in [0.1, 0.15) is 37.5 Å². The number of aromatic nitrogens is 2. The predicted octanol–water partition coefficient (Wildman–Crippen LogP) is -1.24. The van der Waals surface area contributed by atoms with E-state index in [1.54, 1.807) is 0 Å². The van der Waals surface area contributed by atoms with Crippen molar-refractivity contribution in [3.8, 4) is 11.8 Å². The number of hydrogen-bond acceptors (Lipinski definition) is 11. The second-order valence-corrected chi connectivity index (χ2v) is 11.8. The molecule has 1 aliphatic rings. The van der Waals surface area contributed by atoms with E-state index in [0.717, 1.165) is 10.8 Å². The number of H-pyrrole nitrogens is 1. The van der Waals surface area contributed by atoms with Gasteiger partial charge in [0.1, 0.15) is 11.8 Å². The first-order chi connectivity index (χ1) is 17.1. The molecule has 1 fully saturated rings. The van der Waals surface area contributed by atoms with E-state index in [0.29, 0.717) is 13.0 Å². The molecule has 1 amide bonds. The molecule has 0 saturated carbocycles.